The number of rotatable bonds is 7. The van der Waals surface area contributed by atoms with Crippen molar-refractivity contribution in [1.82, 2.24) is 20.1 Å². The Balaban J connectivity index is 1.45. The van der Waals surface area contributed by atoms with Crippen LogP contribution < -0.4 is 5.32 Å². The molecule has 6 nitrogen and oxygen atoms in total. The van der Waals surface area contributed by atoms with Crippen molar-refractivity contribution in [2.24, 2.45) is 5.92 Å². The van der Waals surface area contributed by atoms with Gasteiger partial charge in [-0.2, -0.15) is 0 Å². The summed E-state index contributed by atoms with van der Waals surface area (Å²) in [5, 5.41) is 3.99. The average molecular weight is 360 g/mol. The molecule has 2 heterocycles. The first-order valence-electron chi connectivity index (χ1n) is 8.57. The van der Waals surface area contributed by atoms with E-state index in [9.17, 15) is 9.59 Å². The van der Waals surface area contributed by atoms with Crippen LogP contribution in [0.15, 0.2) is 24.3 Å². The normalized spacial score (nSPS) is 17.6. The number of para-hydroxylation sites is 1. The molecule has 1 fully saturated rings. The Morgan fingerprint density at radius 3 is 2.96 bits per heavy atom. The van der Waals surface area contributed by atoms with Crippen LogP contribution >= 0.6 is 11.3 Å². The molecule has 0 radical (unpaired) electrons. The molecule has 2 aromatic rings. The van der Waals surface area contributed by atoms with E-state index in [1.165, 1.54) is 4.70 Å². The number of likely N-dealkylation sites (N-methyl/N-ethyl adjacent to an activating group) is 1. The van der Waals surface area contributed by atoms with Gasteiger partial charge in [0.1, 0.15) is 0 Å². The summed E-state index contributed by atoms with van der Waals surface area (Å²) in [6, 6.07) is 8.04. The van der Waals surface area contributed by atoms with Gasteiger partial charge in [0.05, 0.1) is 21.1 Å². The van der Waals surface area contributed by atoms with Gasteiger partial charge in [-0.1, -0.05) is 12.1 Å². The second-order valence-electron chi connectivity index (χ2n) is 6.66. The number of nitrogens with zero attached hydrogens (tertiary/aromatic N) is 3. The highest BCUT2D eigenvalue weighted by Gasteiger charge is 2.33. The third-order valence-electron chi connectivity index (χ3n) is 4.38. The Morgan fingerprint density at radius 2 is 2.20 bits per heavy atom. The molecule has 1 atom stereocenters. The lowest BCUT2D eigenvalue weighted by Gasteiger charge is -2.19. The van der Waals surface area contributed by atoms with Crippen LogP contribution in [-0.4, -0.2) is 66.9 Å². The first kappa shape index (κ1) is 17.8. The highest BCUT2D eigenvalue weighted by molar-refractivity contribution is 7.18. The number of aromatic nitrogens is 1. The summed E-state index contributed by atoms with van der Waals surface area (Å²) in [6.07, 6.45) is 1.04. The minimum Gasteiger partial charge on any atom is -0.355 e. The van der Waals surface area contributed by atoms with Crippen molar-refractivity contribution < 1.29 is 9.59 Å². The van der Waals surface area contributed by atoms with Crippen LogP contribution in [0.3, 0.4) is 0 Å². The Hall–Kier alpha value is -1.99. The van der Waals surface area contributed by atoms with Crippen molar-refractivity contribution in [2.75, 3.05) is 40.3 Å². The Bertz CT molecular complexity index is 725. The Morgan fingerprint density at radius 1 is 1.40 bits per heavy atom. The van der Waals surface area contributed by atoms with Crippen LogP contribution in [0, 0.1) is 5.92 Å². The second kappa shape index (κ2) is 7.93. The minimum atomic E-state index is -0.231. The fraction of sp³-hybridized carbons (Fsp3) is 0.500. The van der Waals surface area contributed by atoms with Crippen molar-refractivity contribution in [3.8, 4) is 0 Å². The van der Waals surface area contributed by atoms with Crippen LogP contribution in [-0.2, 0) is 16.0 Å². The first-order chi connectivity index (χ1) is 12.0. The molecule has 2 amide bonds. The molecule has 0 bridgehead atoms. The molecule has 1 aromatic carbocycles. The third-order valence-corrected chi connectivity index (χ3v) is 5.47. The molecule has 3 rings (SSSR count). The molecule has 0 spiro atoms. The Kier molecular flexibility index (Phi) is 5.65. The number of amides is 2. The van der Waals surface area contributed by atoms with Gasteiger partial charge in [-0.25, -0.2) is 4.98 Å². The van der Waals surface area contributed by atoms with Crippen LogP contribution in [0.4, 0.5) is 0 Å². The van der Waals surface area contributed by atoms with Gasteiger partial charge in [0.2, 0.25) is 11.8 Å². The van der Waals surface area contributed by atoms with Crippen LogP contribution in [0.25, 0.3) is 10.2 Å². The van der Waals surface area contributed by atoms with E-state index in [2.05, 4.69) is 16.4 Å². The van der Waals surface area contributed by atoms with E-state index in [1.807, 2.05) is 37.2 Å². The van der Waals surface area contributed by atoms with E-state index < -0.39 is 0 Å². The maximum atomic E-state index is 12.3. The number of hydrogen-bond donors (Lipinski definition) is 1. The summed E-state index contributed by atoms with van der Waals surface area (Å²) in [5.74, 6) is -0.181. The van der Waals surface area contributed by atoms with Crippen LogP contribution in [0.2, 0.25) is 0 Å². The zero-order chi connectivity index (χ0) is 17.8. The highest BCUT2D eigenvalue weighted by Crippen LogP contribution is 2.22. The smallest absolute Gasteiger partial charge is 0.225 e. The van der Waals surface area contributed by atoms with Gasteiger partial charge in [0.25, 0.3) is 0 Å². The van der Waals surface area contributed by atoms with Gasteiger partial charge in [0.15, 0.2) is 0 Å². The lowest BCUT2D eigenvalue weighted by Crippen LogP contribution is -2.36. The molecule has 0 saturated carbocycles. The van der Waals surface area contributed by atoms with Gasteiger partial charge in [0, 0.05) is 39.0 Å². The monoisotopic (exact) mass is 360 g/mol. The van der Waals surface area contributed by atoms with E-state index in [-0.39, 0.29) is 17.7 Å². The van der Waals surface area contributed by atoms with Gasteiger partial charge in [-0.05, 0) is 26.2 Å². The molecule has 1 aromatic heterocycles. The van der Waals surface area contributed by atoms with E-state index >= 15 is 0 Å². The summed E-state index contributed by atoms with van der Waals surface area (Å²) in [6.45, 7) is 2.58. The van der Waals surface area contributed by atoms with E-state index in [4.69, 9.17) is 0 Å². The third kappa shape index (κ3) is 4.55. The second-order valence-corrected chi connectivity index (χ2v) is 7.78. The fourth-order valence-electron chi connectivity index (χ4n) is 2.95. The molecule has 0 aliphatic carbocycles. The Labute approximate surface area is 151 Å². The number of benzene rings is 1. The fourth-order valence-corrected chi connectivity index (χ4v) is 3.92. The summed E-state index contributed by atoms with van der Waals surface area (Å²) in [5.41, 5.74) is 1.01. The van der Waals surface area contributed by atoms with Gasteiger partial charge in [-0.3, -0.25) is 9.59 Å². The maximum absolute atomic E-state index is 12.3. The topological polar surface area (TPSA) is 65.5 Å². The van der Waals surface area contributed by atoms with Gasteiger partial charge >= 0.3 is 0 Å². The van der Waals surface area contributed by atoms with E-state index in [1.54, 1.807) is 16.2 Å². The predicted molar refractivity (Wildman–Crippen MR) is 99.6 cm³/mol. The molecular weight excluding hydrogens is 336 g/mol. The quantitative estimate of drug-likeness (QED) is 0.810. The minimum absolute atomic E-state index is 0.0261. The van der Waals surface area contributed by atoms with E-state index in [0.717, 1.165) is 23.5 Å². The van der Waals surface area contributed by atoms with Gasteiger partial charge < -0.3 is 15.1 Å². The SMILES string of the molecule is CN(C)CCN1C[C@@H](C(=O)NCCc2nc3ccccc3s2)CC1=O. The molecule has 25 heavy (non-hydrogen) atoms. The summed E-state index contributed by atoms with van der Waals surface area (Å²) < 4.78 is 1.17. The molecule has 1 aliphatic heterocycles. The molecular formula is C18H24N4O2S. The molecule has 0 unspecified atom stereocenters. The molecule has 1 aliphatic rings. The van der Waals surface area contributed by atoms with Crippen molar-refractivity contribution in [3.05, 3.63) is 29.3 Å². The number of carbonyl (C=O) groups excluding carboxylic acids is 2. The first-order valence-corrected chi connectivity index (χ1v) is 9.39. The summed E-state index contributed by atoms with van der Waals surface area (Å²) >= 11 is 1.66. The molecule has 1 saturated heterocycles. The van der Waals surface area contributed by atoms with Crippen molar-refractivity contribution in [1.29, 1.82) is 0 Å². The average Bonchev–Trinajstić information content (AvgIpc) is 3.15. The van der Waals surface area contributed by atoms with Crippen LogP contribution in [0.5, 0.6) is 0 Å². The number of thiazole rings is 1. The summed E-state index contributed by atoms with van der Waals surface area (Å²) in [7, 11) is 3.96. The highest BCUT2D eigenvalue weighted by atomic mass is 32.1. The van der Waals surface area contributed by atoms with Crippen molar-refractivity contribution in [2.45, 2.75) is 12.8 Å². The lowest BCUT2D eigenvalue weighted by atomic mass is 10.1. The predicted octanol–water partition coefficient (Wildman–Crippen LogP) is 1.37. The number of carbonyl (C=O) groups is 2. The van der Waals surface area contributed by atoms with Crippen LogP contribution in [0.1, 0.15) is 11.4 Å². The number of fused-ring (bicyclic) bond motifs is 1. The van der Waals surface area contributed by atoms with E-state index in [0.29, 0.717) is 26.1 Å². The number of nitrogens with one attached hydrogen (secondary N) is 1. The van der Waals surface area contributed by atoms with Crippen molar-refractivity contribution >= 4 is 33.4 Å². The maximum Gasteiger partial charge on any atom is 0.225 e. The van der Waals surface area contributed by atoms with Gasteiger partial charge in [-0.15, -0.1) is 11.3 Å². The summed E-state index contributed by atoms with van der Waals surface area (Å²) in [4.78, 5) is 32.7. The van der Waals surface area contributed by atoms with Crippen molar-refractivity contribution in [3.63, 3.8) is 0 Å². The molecule has 1 N–H and O–H groups in total. The zero-order valence-corrected chi connectivity index (χ0v) is 15.5. The lowest BCUT2D eigenvalue weighted by molar-refractivity contribution is -0.129. The number of hydrogen-bond acceptors (Lipinski definition) is 5. The zero-order valence-electron chi connectivity index (χ0n) is 14.7. The molecule has 7 heteroatoms. The standard InChI is InChI=1S/C18H24N4O2S/c1-21(2)9-10-22-12-13(11-17(22)23)18(24)19-8-7-16-20-14-5-3-4-6-15(14)25-16/h3-6,13H,7-12H2,1-2H3,(H,19,24)/t13-/m0/s1. The molecule has 134 valence electrons. The number of likely N-dealkylation sites (tertiary alicyclic amines) is 1. The largest absolute Gasteiger partial charge is 0.355 e.